The van der Waals surface area contributed by atoms with E-state index in [1.807, 2.05) is 27.7 Å². The second kappa shape index (κ2) is 12.3. The van der Waals surface area contributed by atoms with Gasteiger partial charge in [-0.2, -0.15) is 0 Å². The number of carbonyl (C=O) groups excluding carboxylic acids is 4. The minimum atomic E-state index is -1.07. The Morgan fingerprint density at radius 3 is 2.26 bits per heavy atom. The van der Waals surface area contributed by atoms with Gasteiger partial charge in [0.05, 0.1) is 19.3 Å². The summed E-state index contributed by atoms with van der Waals surface area (Å²) in [6, 6.07) is -1.28. The second-order valence-electron chi connectivity index (χ2n) is 9.75. The number of ether oxygens (including phenoxy) is 2. The number of aromatic nitrogens is 1. The highest BCUT2D eigenvalue weighted by Gasteiger charge is 2.50. The molecular formula is C24H38N4O7. The number of hydrogen-bond acceptors (Lipinski definition) is 8. The molecule has 0 aromatic carbocycles. The Morgan fingerprint density at radius 1 is 1.11 bits per heavy atom. The molecule has 2 rings (SSSR count). The third kappa shape index (κ3) is 7.86. The number of methoxy groups -OCH3 is 1. The molecule has 1 aliphatic heterocycles. The first-order valence-corrected chi connectivity index (χ1v) is 11.9. The molecule has 4 unspecified atom stereocenters. The van der Waals surface area contributed by atoms with Crippen LogP contribution in [0.1, 0.15) is 63.7 Å². The van der Waals surface area contributed by atoms with Crippen LogP contribution in [0.15, 0.2) is 10.6 Å². The van der Waals surface area contributed by atoms with E-state index in [1.54, 1.807) is 13.8 Å². The number of epoxide rings is 1. The van der Waals surface area contributed by atoms with Crippen LogP contribution in [0.3, 0.4) is 0 Å². The molecule has 11 nitrogen and oxygen atoms in total. The third-order valence-electron chi connectivity index (χ3n) is 6.05. The number of nitrogens with zero attached hydrogens (tertiary/aromatic N) is 1. The van der Waals surface area contributed by atoms with Gasteiger partial charge in [-0.05, 0) is 32.1 Å². The summed E-state index contributed by atoms with van der Waals surface area (Å²) in [4.78, 5) is 51.8. The highest BCUT2D eigenvalue weighted by atomic mass is 16.6. The summed E-state index contributed by atoms with van der Waals surface area (Å²) in [6.07, 6.45) is 1.05. The molecule has 1 saturated heterocycles. The van der Waals surface area contributed by atoms with Gasteiger partial charge >= 0.3 is 0 Å². The summed E-state index contributed by atoms with van der Waals surface area (Å²) in [7, 11) is 1.40. The highest BCUT2D eigenvalue weighted by Crippen LogP contribution is 2.29. The van der Waals surface area contributed by atoms with Crippen molar-refractivity contribution < 1.29 is 33.2 Å². The average Bonchev–Trinajstić information content (AvgIpc) is 3.40. The Kier molecular flexibility index (Phi) is 9.96. The van der Waals surface area contributed by atoms with Crippen LogP contribution in [0, 0.1) is 18.8 Å². The second-order valence-corrected chi connectivity index (χ2v) is 9.75. The Hall–Kier alpha value is -2.79. The fourth-order valence-electron chi connectivity index (χ4n) is 3.59. The van der Waals surface area contributed by atoms with E-state index in [-0.39, 0.29) is 29.9 Å². The zero-order valence-electron chi connectivity index (χ0n) is 21.6. The largest absolute Gasteiger partial charge is 0.382 e. The van der Waals surface area contributed by atoms with E-state index < -0.39 is 41.4 Å². The normalized spacial score (nSPS) is 20.5. The van der Waals surface area contributed by atoms with Gasteiger partial charge in [0.15, 0.2) is 11.5 Å². The van der Waals surface area contributed by atoms with Gasteiger partial charge in [0, 0.05) is 13.2 Å². The number of nitrogens with one attached hydrogen (secondary N) is 3. The molecule has 11 heteroatoms. The van der Waals surface area contributed by atoms with Crippen LogP contribution < -0.4 is 16.0 Å². The fourth-order valence-corrected chi connectivity index (χ4v) is 3.59. The fraction of sp³-hybridized carbons (Fsp3) is 0.708. The van der Waals surface area contributed by atoms with E-state index in [2.05, 4.69) is 21.1 Å². The van der Waals surface area contributed by atoms with Crippen LogP contribution in [0.25, 0.3) is 0 Å². The topological polar surface area (TPSA) is 152 Å². The molecule has 35 heavy (non-hydrogen) atoms. The standard InChI is InChI=1S/C24H38N4O7/c1-8-14(4)19(23(32)25-16(9-13(2)3)20(29)24(6)12-34-24)27-22(31)18(11-33-7)26-21(30)17-10-15(5)35-28-17/h10,13-14,16,18-19H,8-9,11-12H2,1-7H3,(H,25,32)(H,26,30)(H,27,31)/t14?,16?,18?,19-,24?/m0/s1. The van der Waals surface area contributed by atoms with E-state index in [4.69, 9.17) is 14.0 Å². The van der Waals surface area contributed by atoms with Crippen molar-refractivity contribution in [1.29, 1.82) is 0 Å². The van der Waals surface area contributed by atoms with Crippen LogP contribution in [-0.2, 0) is 23.9 Å². The molecule has 1 aromatic rings. The predicted octanol–water partition coefficient (Wildman–Crippen LogP) is 1.15. The third-order valence-corrected chi connectivity index (χ3v) is 6.05. The number of carbonyl (C=O) groups is 4. The number of ketones is 1. The summed E-state index contributed by atoms with van der Waals surface area (Å²) in [5, 5.41) is 11.8. The molecule has 0 bridgehead atoms. The van der Waals surface area contributed by atoms with Gasteiger partial charge < -0.3 is 29.9 Å². The zero-order chi connectivity index (χ0) is 26.3. The van der Waals surface area contributed by atoms with Crippen molar-refractivity contribution in [2.24, 2.45) is 11.8 Å². The molecule has 1 aromatic heterocycles. The maximum Gasteiger partial charge on any atom is 0.274 e. The summed E-state index contributed by atoms with van der Waals surface area (Å²) < 4.78 is 15.3. The lowest BCUT2D eigenvalue weighted by Crippen LogP contribution is -2.59. The quantitative estimate of drug-likeness (QED) is 0.326. The van der Waals surface area contributed by atoms with Crippen LogP contribution in [-0.4, -0.2) is 72.7 Å². The number of amides is 3. The molecule has 0 radical (unpaired) electrons. The Balaban J connectivity index is 2.14. The smallest absolute Gasteiger partial charge is 0.274 e. The van der Waals surface area contributed by atoms with E-state index >= 15 is 0 Å². The van der Waals surface area contributed by atoms with Gasteiger partial charge in [0.1, 0.15) is 23.4 Å². The number of rotatable bonds is 14. The molecule has 1 aliphatic rings. The van der Waals surface area contributed by atoms with Gasteiger partial charge in [-0.3, -0.25) is 19.2 Å². The van der Waals surface area contributed by atoms with Crippen molar-refractivity contribution in [2.45, 2.75) is 78.1 Å². The molecule has 3 amide bonds. The molecule has 2 heterocycles. The lowest BCUT2D eigenvalue weighted by molar-refractivity contribution is -0.134. The number of aryl methyl sites for hydroxylation is 1. The van der Waals surface area contributed by atoms with Crippen molar-refractivity contribution in [1.82, 2.24) is 21.1 Å². The van der Waals surface area contributed by atoms with E-state index in [9.17, 15) is 19.2 Å². The van der Waals surface area contributed by atoms with E-state index in [0.29, 0.717) is 25.2 Å². The first-order chi connectivity index (χ1) is 16.4. The van der Waals surface area contributed by atoms with Gasteiger partial charge in [0.2, 0.25) is 11.8 Å². The summed E-state index contributed by atoms with van der Waals surface area (Å²) in [5.74, 6) is -1.48. The Morgan fingerprint density at radius 2 is 1.77 bits per heavy atom. The van der Waals surface area contributed by atoms with Gasteiger partial charge in [-0.15, -0.1) is 0 Å². The lowest BCUT2D eigenvalue weighted by Gasteiger charge is -2.29. The molecule has 0 spiro atoms. The first-order valence-electron chi connectivity index (χ1n) is 11.9. The van der Waals surface area contributed by atoms with Crippen molar-refractivity contribution >= 4 is 23.5 Å². The molecule has 0 aliphatic carbocycles. The molecule has 196 valence electrons. The number of hydrogen-bond donors (Lipinski definition) is 3. The molecule has 5 atom stereocenters. The summed E-state index contributed by atoms with van der Waals surface area (Å²) in [6.45, 7) is 11.2. The van der Waals surface area contributed by atoms with Crippen LogP contribution in [0.2, 0.25) is 0 Å². The Bertz CT molecular complexity index is 909. The number of Topliss-reactive ketones (excluding diaryl/α,β-unsaturated/α-hetero) is 1. The van der Waals surface area contributed by atoms with Crippen molar-refractivity contribution in [3.8, 4) is 0 Å². The maximum absolute atomic E-state index is 13.3. The van der Waals surface area contributed by atoms with Gasteiger partial charge in [0.25, 0.3) is 5.91 Å². The first kappa shape index (κ1) is 28.4. The molecular weight excluding hydrogens is 456 g/mol. The van der Waals surface area contributed by atoms with Crippen LogP contribution in [0.5, 0.6) is 0 Å². The van der Waals surface area contributed by atoms with Crippen LogP contribution >= 0.6 is 0 Å². The molecule has 0 saturated carbocycles. The van der Waals surface area contributed by atoms with E-state index in [1.165, 1.54) is 13.2 Å². The minimum absolute atomic E-state index is 0.0263. The Labute approximate surface area is 206 Å². The summed E-state index contributed by atoms with van der Waals surface area (Å²) in [5.41, 5.74) is -0.853. The van der Waals surface area contributed by atoms with Crippen molar-refractivity contribution in [2.75, 3.05) is 20.3 Å². The monoisotopic (exact) mass is 494 g/mol. The predicted molar refractivity (Wildman–Crippen MR) is 127 cm³/mol. The van der Waals surface area contributed by atoms with Gasteiger partial charge in [-0.25, -0.2) is 0 Å². The lowest BCUT2D eigenvalue weighted by atomic mass is 9.92. The molecule has 1 fully saturated rings. The van der Waals surface area contributed by atoms with Crippen LogP contribution in [0.4, 0.5) is 0 Å². The van der Waals surface area contributed by atoms with Crippen molar-refractivity contribution in [3.63, 3.8) is 0 Å². The zero-order valence-corrected chi connectivity index (χ0v) is 21.6. The molecule has 3 N–H and O–H groups in total. The minimum Gasteiger partial charge on any atom is -0.382 e. The average molecular weight is 495 g/mol. The highest BCUT2D eigenvalue weighted by molar-refractivity contribution is 5.99. The SMILES string of the molecule is CCC(C)[C@H](NC(=O)C(COC)NC(=O)c1cc(C)on1)C(=O)NC(CC(C)C)C(=O)C1(C)CO1. The van der Waals surface area contributed by atoms with Gasteiger partial charge in [-0.1, -0.05) is 39.3 Å². The maximum atomic E-state index is 13.3. The van der Waals surface area contributed by atoms with Crippen molar-refractivity contribution in [3.05, 3.63) is 17.5 Å². The van der Waals surface area contributed by atoms with E-state index in [0.717, 1.165) is 0 Å². The summed E-state index contributed by atoms with van der Waals surface area (Å²) >= 11 is 0.